The number of carbonyl (C=O) groups is 1. The zero-order valence-electron chi connectivity index (χ0n) is 14.7. The molecule has 6 heteroatoms. The Bertz CT molecular complexity index is 996. The van der Waals surface area contributed by atoms with Crippen LogP contribution in [-0.2, 0) is 17.8 Å². The zero-order chi connectivity index (χ0) is 18.7. The Kier molecular flexibility index (Phi) is 5.52. The summed E-state index contributed by atoms with van der Waals surface area (Å²) in [4.78, 5) is 29.2. The Morgan fingerprint density at radius 3 is 2.65 bits per heavy atom. The molecule has 0 unspecified atom stereocenters. The van der Waals surface area contributed by atoms with Crippen molar-refractivity contribution in [1.82, 2.24) is 14.9 Å². The summed E-state index contributed by atoms with van der Waals surface area (Å²) in [5.41, 5.74) is 2.67. The van der Waals surface area contributed by atoms with E-state index in [1.54, 1.807) is 12.1 Å². The highest BCUT2D eigenvalue weighted by molar-refractivity contribution is 9.10. The molecule has 26 heavy (non-hydrogen) atoms. The van der Waals surface area contributed by atoms with Crippen molar-refractivity contribution in [3.8, 4) is 0 Å². The average Bonchev–Trinajstić information content (AvgIpc) is 2.64. The molecule has 3 aromatic rings. The fourth-order valence-electron chi connectivity index (χ4n) is 2.81. The Morgan fingerprint density at radius 2 is 1.96 bits per heavy atom. The maximum atomic E-state index is 12.6. The van der Waals surface area contributed by atoms with Gasteiger partial charge in [0.2, 0.25) is 5.91 Å². The minimum absolute atomic E-state index is 0.0638. The van der Waals surface area contributed by atoms with Crippen LogP contribution in [0.25, 0.3) is 10.9 Å². The predicted octanol–water partition coefficient (Wildman–Crippen LogP) is 3.60. The first-order valence-corrected chi connectivity index (χ1v) is 9.30. The van der Waals surface area contributed by atoms with Crippen molar-refractivity contribution in [1.29, 1.82) is 0 Å². The fourth-order valence-corrected chi connectivity index (χ4v) is 3.17. The largest absolute Gasteiger partial charge is 0.348 e. The Morgan fingerprint density at radius 1 is 1.23 bits per heavy atom. The van der Waals surface area contributed by atoms with Crippen molar-refractivity contribution in [2.24, 2.45) is 0 Å². The van der Waals surface area contributed by atoms with E-state index in [0.29, 0.717) is 10.9 Å². The standard InChI is InChI=1S/C20H20BrN3O2/c1-3-14-4-6-15(7-5-14)13(2)23-19(25)11-24-12-22-18-9-8-16(21)10-17(18)20(24)26/h4-10,12-13H,3,11H2,1-2H3,(H,23,25)/t13-/m1/s1. The number of carbonyl (C=O) groups excluding carboxylic acids is 1. The molecule has 3 rings (SSSR count). The third-order valence-electron chi connectivity index (χ3n) is 4.37. The lowest BCUT2D eigenvalue weighted by Gasteiger charge is -2.15. The molecule has 0 aliphatic carbocycles. The number of aryl methyl sites for hydroxylation is 1. The van der Waals surface area contributed by atoms with E-state index in [1.807, 2.05) is 25.1 Å². The summed E-state index contributed by atoms with van der Waals surface area (Å²) in [5.74, 6) is -0.227. The molecule has 0 radical (unpaired) electrons. The van der Waals surface area contributed by atoms with Gasteiger partial charge in [-0.3, -0.25) is 14.2 Å². The van der Waals surface area contributed by atoms with E-state index in [0.717, 1.165) is 16.5 Å². The van der Waals surface area contributed by atoms with Crippen molar-refractivity contribution in [3.63, 3.8) is 0 Å². The summed E-state index contributed by atoms with van der Waals surface area (Å²) < 4.78 is 2.13. The van der Waals surface area contributed by atoms with E-state index in [4.69, 9.17) is 0 Å². The highest BCUT2D eigenvalue weighted by atomic mass is 79.9. The number of nitrogens with one attached hydrogen (secondary N) is 1. The van der Waals surface area contributed by atoms with E-state index >= 15 is 0 Å². The number of fused-ring (bicyclic) bond motifs is 1. The van der Waals surface area contributed by atoms with Crippen molar-refractivity contribution in [2.75, 3.05) is 0 Å². The first kappa shape index (κ1) is 18.3. The second kappa shape index (κ2) is 7.83. The summed E-state index contributed by atoms with van der Waals surface area (Å²) >= 11 is 3.36. The van der Waals surface area contributed by atoms with Gasteiger partial charge >= 0.3 is 0 Å². The lowest BCUT2D eigenvalue weighted by atomic mass is 10.1. The van der Waals surface area contributed by atoms with Gasteiger partial charge in [-0.2, -0.15) is 0 Å². The van der Waals surface area contributed by atoms with Gasteiger partial charge in [0.25, 0.3) is 5.56 Å². The molecule has 0 spiro atoms. The summed E-state index contributed by atoms with van der Waals surface area (Å²) in [6.07, 6.45) is 2.40. The third-order valence-corrected chi connectivity index (χ3v) is 4.86. The topological polar surface area (TPSA) is 64.0 Å². The van der Waals surface area contributed by atoms with Crippen molar-refractivity contribution in [2.45, 2.75) is 32.9 Å². The van der Waals surface area contributed by atoms with Crippen LogP contribution in [0.2, 0.25) is 0 Å². The van der Waals surface area contributed by atoms with Gasteiger partial charge < -0.3 is 5.32 Å². The van der Waals surface area contributed by atoms with Crippen LogP contribution in [0.3, 0.4) is 0 Å². The molecule has 0 fully saturated rings. The molecule has 0 aliphatic heterocycles. The summed E-state index contributed by atoms with van der Waals surface area (Å²) in [6.45, 7) is 3.97. The molecule has 1 atom stereocenters. The number of rotatable bonds is 5. The predicted molar refractivity (Wildman–Crippen MR) is 106 cm³/mol. The highest BCUT2D eigenvalue weighted by Crippen LogP contribution is 2.15. The number of nitrogens with zero attached hydrogens (tertiary/aromatic N) is 2. The molecular weight excluding hydrogens is 394 g/mol. The lowest BCUT2D eigenvalue weighted by molar-refractivity contribution is -0.122. The summed E-state index contributed by atoms with van der Waals surface area (Å²) in [7, 11) is 0. The third kappa shape index (κ3) is 4.02. The van der Waals surface area contributed by atoms with Gasteiger partial charge in [0.1, 0.15) is 6.54 Å². The van der Waals surface area contributed by atoms with E-state index in [9.17, 15) is 9.59 Å². The monoisotopic (exact) mass is 413 g/mol. The minimum atomic E-state index is -0.230. The van der Waals surface area contributed by atoms with Gasteiger partial charge in [0.05, 0.1) is 23.3 Å². The molecule has 5 nitrogen and oxygen atoms in total. The number of hydrogen-bond donors (Lipinski definition) is 1. The van der Waals surface area contributed by atoms with Crippen LogP contribution in [-0.4, -0.2) is 15.5 Å². The number of amides is 1. The van der Waals surface area contributed by atoms with E-state index in [2.05, 4.69) is 45.3 Å². The zero-order valence-corrected chi connectivity index (χ0v) is 16.3. The molecule has 0 bridgehead atoms. The minimum Gasteiger partial charge on any atom is -0.348 e. The Balaban J connectivity index is 1.74. The van der Waals surface area contributed by atoms with E-state index in [-0.39, 0.29) is 24.1 Å². The van der Waals surface area contributed by atoms with Crippen LogP contribution in [0.5, 0.6) is 0 Å². The van der Waals surface area contributed by atoms with Crippen LogP contribution in [0.15, 0.2) is 58.1 Å². The number of hydrogen-bond acceptors (Lipinski definition) is 3. The van der Waals surface area contributed by atoms with Gasteiger partial charge in [-0.1, -0.05) is 47.1 Å². The van der Waals surface area contributed by atoms with Crippen molar-refractivity contribution < 1.29 is 4.79 Å². The molecule has 0 saturated heterocycles. The van der Waals surface area contributed by atoms with Crippen LogP contribution in [0.4, 0.5) is 0 Å². The van der Waals surface area contributed by atoms with Crippen molar-refractivity contribution >= 4 is 32.7 Å². The van der Waals surface area contributed by atoms with Gasteiger partial charge in [0, 0.05) is 4.47 Å². The van der Waals surface area contributed by atoms with Crippen LogP contribution in [0.1, 0.15) is 31.0 Å². The number of aromatic nitrogens is 2. The molecule has 0 saturated carbocycles. The van der Waals surface area contributed by atoms with E-state index in [1.165, 1.54) is 16.5 Å². The number of benzene rings is 2. The van der Waals surface area contributed by atoms with E-state index < -0.39 is 0 Å². The maximum Gasteiger partial charge on any atom is 0.261 e. The van der Waals surface area contributed by atoms with Crippen LogP contribution >= 0.6 is 15.9 Å². The molecular formula is C20H20BrN3O2. The van der Waals surface area contributed by atoms with Gasteiger partial charge in [-0.25, -0.2) is 4.98 Å². The van der Waals surface area contributed by atoms with Gasteiger partial charge in [-0.05, 0) is 42.7 Å². The smallest absolute Gasteiger partial charge is 0.261 e. The second-order valence-electron chi connectivity index (χ2n) is 6.22. The lowest BCUT2D eigenvalue weighted by Crippen LogP contribution is -2.34. The Hall–Kier alpha value is -2.47. The molecule has 1 amide bonds. The Labute approximate surface area is 160 Å². The SMILES string of the molecule is CCc1ccc([C@@H](C)NC(=O)Cn2cnc3ccc(Br)cc3c2=O)cc1. The molecule has 1 heterocycles. The normalized spacial score (nSPS) is 12.1. The summed E-state index contributed by atoms with van der Waals surface area (Å²) in [6, 6.07) is 13.4. The molecule has 1 aromatic heterocycles. The van der Waals surface area contributed by atoms with Gasteiger partial charge in [-0.15, -0.1) is 0 Å². The molecule has 2 aromatic carbocycles. The number of halogens is 1. The first-order valence-electron chi connectivity index (χ1n) is 8.51. The van der Waals surface area contributed by atoms with Crippen LogP contribution < -0.4 is 10.9 Å². The van der Waals surface area contributed by atoms with Gasteiger partial charge in [0.15, 0.2) is 0 Å². The summed E-state index contributed by atoms with van der Waals surface area (Å²) in [5, 5.41) is 3.42. The molecule has 134 valence electrons. The maximum absolute atomic E-state index is 12.6. The van der Waals surface area contributed by atoms with Crippen LogP contribution in [0, 0.1) is 0 Å². The molecule has 0 aliphatic rings. The quantitative estimate of drug-likeness (QED) is 0.694. The fraction of sp³-hybridized carbons (Fsp3) is 0.250. The van der Waals surface area contributed by atoms with Crippen molar-refractivity contribution in [3.05, 3.63) is 74.7 Å². The average molecular weight is 414 g/mol. The first-order chi connectivity index (χ1) is 12.5. The molecule has 1 N–H and O–H groups in total. The second-order valence-corrected chi connectivity index (χ2v) is 7.14. The highest BCUT2D eigenvalue weighted by Gasteiger charge is 2.12.